The van der Waals surface area contributed by atoms with Crippen LogP contribution in [0.2, 0.25) is 0 Å². The number of pyridine rings is 1. The zero-order valence-electron chi connectivity index (χ0n) is 33.1. The molecule has 308 valence electrons. The number of allylic oxidation sites excluding steroid dienone is 1. The molecular formula is C42H55N5O9S. The van der Waals surface area contributed by atoms with Crippen LogP contribution in [0, 0.1) is 11.8 Å². The standard InChI is InChI=1S/C42H55N5O9S/c1-25(2)23-55-40(51)44-33-13-8-6-4-5-7-12-27-21-42(27,39(50)46-57(52,53)29-15-16-29)45-37(48)34-22-41(24-47(34)38(33)49)19-18-30-31-20-28(54-3)14-17-32(31)43-35(36(30)56-41)26-10-9-11-26/h7,12,14,17,20,25-27,29,33-34H,4-6,8-11,13,15-16,18-19,21-24H2,1-3H3,(H,44,51)(H,45,48)(H,46,50). The molecule has 4 heterocycles. The van der Waals surface area contributed by atoms with Crippen LogP contribution in [0.3, 0.4) is 0 Å². The van der Waals surface area contributed by atoms with Crippen molar-refractivity contribution >= 4 is 44.7 Å². The Hall–Kier alpha value is -4.40. The van der Waals surface area contributed by atoms with E-state index in [1.807, 2.05) is 44.2 Å². The summed E-state index contributed by atoms with van der Waals surface area (Å²) < 4.78 is 46.3. The topological polar surface area (TPSA) is 182 Å². The third kappa shape index (κ3) is 7.92. The summed E-state index contributed by atoms with van der Waals surface area (Å²) in [5, 5.41) is 6.11. The first kappa shape index (κ1) is 39.4. The van der Waals surface area contributed by atoms with E-state index in [9.17, 15) is 27.6 Å². The predicted octanol–water partition coefficient (Wildman–Crippen LogP) is 4.93. The Morgan fingerprint density at radius 2 is 1.88 bits per heavy atom. The third-order valence-corrected chi connectivity index (χ3v) is 14.6. The van der Waals surface area contributed by atoms with Crippen LogP contribution < -0.4 is 24.8 Å². The number of hydrogen-bond donors (Lipinski definition) is 3. The number of aryl methyl sites for hydroxylation is 1. The lowest BCUT2D eigenvalue weighted by atomic mass is 9.79. The predicted molar refractivity (Wildman–Crippen MR) is 211 cm³/mol. The number of rotatable bonds is 8. The number of benzene rings is 1. The molecule has 0 bridgehead atoms. The fourth-order valence-corrected chi connectivity index (χ4v) is 10.3. The van der Waals surface area contributed by atoms with Gasteiger partial charge in [0.05, 0.1) is 36.7 Å². The molecule has 1 aromatic heterocycles. The molecule has 4 fully saturated rings. The van der Waals surface area contributed by atoms with Crippen molar-refractivity contribution < 1.29 is 41.8 Å². The van der Waals surface area contributed by atoms with Gasteiger partial charge >= 0.3 is 6.09 Å². The number of hydrogen-bond acceptors (Lipinski definition) is 10. The minimum Gasteiger partial charge on any atom is -0.497 e. The Bertz CT molecular complexity index is 2080. The summed E-state index contributed by atoms with van der Waals surface area (Å²) in [5.74, 6) is -0.446. The average Bonchev–Trinajstić information content (AvgIpc) is 4.09. The maximum absolute atomic E-state index is 14.8. The highest BCUT2D eigenvalue weighted by Crippen LogP contribution is 2.51. The van der Waals surface area contributed by atoms with E-state index in [1.165, 1.54) is 4.90 Å². The number of nitrogens with one attached hydrogen (secondary N) is 3. The zero-order valence-corrected chi connectivity index (χ0v) is 34.0. The molecule has 3 aliphatic carbocycles. The van der Waals surface area contributed by atoms with Gasteiger partial charge in [-0.25, -0.2) is 18.2 Å². The van der Waals surface area contributed by atoms with E-state index < -0.39 is 68.2 Å². The molecular weight excluding hydrogens is 751 g/mol. The zero-order chi connectivity index (χ0) is 40.1. The monoisotopic (exact) mass is 805 g/mol. The molecule has 0 radical (unpaired) electrons. The number of ether oxygens (including phenoxy) is 3. The number of aromatic nitrogens is 1. The molecule has 1 aromatic carbocycles. The number of methoxy groups -OCH3 is 1. The second-order valence-corrected chi connectivity index (χ2v) is 19.4. The average molecular weight is 806 g/mol. The second-order valence-electron chi connectivity index (χ2n) is 17.5. The number of nitrogens with zero attached hydrogens (tertiary/aromatic N) is 2. The SMILES string of the molecule is COc1ccc2nc(C3CCC3)c3c(c2c1)CCC1(CC2C(=O)NC4(C(=O)NS(=O)(=O)C5CC5)CC4C=CCCCCCC(NC(=O)OCC(C)C)C(=O)N2C1)O3. The normalized spacial score (nSPS) is 29.2. The molecule has 15 heteroatoms. The van der Waals surface area contributed by atoms with E-state index >= 15 is 0 Å². The van der Waals surface area contributed by atoms with Gasteiger partial charge in [-0.3, -0.25) is 19.1 Å². The van der Waals surface area contributed by atoms with Gasteiger partial charge in [0, 0.05) is 29.2 Å². The number of alkyl carbamates (subject to hydrolysis) is 1. The van der Waals surface area contributed by atoms with Crippen LogP contribution >= 0.6 is 0 Å². The van der Waals surface area contributed by atoms with Gasteiger partial charge in [-0.05, 0) is 88.3 Å². The van der Waals surface area contributed by atoms with E-state index in [4.69, 9.17) is 19.2 Å². The second kappa shape index (κ2) is 15.4. The number of sulfonamides is 1. The molecule has 5 unspecified atom stereocenters. The Morgan fingerprint density at radius 1 is 1.07 bits per heavy atom. The Kier molecular flexibility index (Phi) is 10.7. The number of amides is 4. The lowest BCUT2D eigenvalue weighted by molar-refractivity contribution is -0.141. The van der Waals surface area contributed by atoms with Crippen molar-refractivity contribution in [2.45, 2.75) is 138 Å². The molecule has 57 heavy (non-hydrogen) atoms. The van der Waals surface area contributed by atoms with E-state index in [-0.39, 0.29) is 37.8 Å². The summed E-state index contributed by atoms with van der Waals surface area (Å²) >= 11 is 0. The molecule has 1 spiro atoms. The van der Waals surface area contributed by atoms with Crippen molar-refractivity contribution in [1.29, 1.82) is 0 Å². The van der Waals surface area contributed by atoms with E-state index in [0.29, 0.717) is 56.4 Å². The Morgan fingerprint density at radius 3 is 2.60 bits per heavy atom. The van der Waals surface area contributed by atoms with Crippen LogP contribution in [0.4, 0.5) is 4.79 Å². The van der Waals surface area contributed by atoms with Gasteiger partial charge in [0.15, 0.2) is 0 Å². The summed E-state index contributed by atoms with van der Waals surface area (Å²) in [7, 11) is -2.26. The molecule has 4 amide bonds. The van der Waals surface area contributed by atoms with Gasteiger partial charge in [0.1, 0.15) is 34.7 Å². The van der Waals surface area contributed by atoms with Crippen molar-refractivity contribution in [2.24, 2.45) is 11.8 Å². The van der Waals surface area contributed by atoms with Crippen LogP contribution in [0.1, 0.15) is 114 Å². The molecule has 5 atom stereocenters. The van der Waals surface area contributed by atoms with Gasteiger partial charge in [-0.2, -0.15) is 0 Å². The molecule has 3 saturated carbocycles. The fraction of sp³-hybridized carbons (Fsp3) is 0.643. The minimum atomic E-state index is -3.89. The van der Waals surface area contributed by atoms with Gasteiger partial charge < -0.3 is 29.7 Å². The maximum atomic E-state index is 14.8. The summed E-state index contributed by atoms with van der Waals surface area (Å²) in [6.45, 7) is 4.11. The van der Waals surface area contributed by atoms with Crippen LogP contribution in [-0.2, 0) is 35.6 Å². The van der Waals surface area contributed by atoms with Gasteiger partial charge in [-0.15, -0.1) is 0 Å². The third-order valence-electron chi connectivity index (χ3n) is 12.7. The molecule has 3 N–H and O–H groups in total. The maximum Gasteiger partial charge on any atom is 0.407 e. The minimum absolute atomic E-state index is 0.0709. The van der Waals surface area contributed by atoms with E-state index in [0.717, 1.165) is 54.3 Å². The smallest absolute Gasteiger partial charge is 0.407 e. The molecule has 1 saturated heterocycles. The summed E-state index contributed by atoms with van der Waals surface area (Å²) in [6.07, 6.45) is 12.0. The quantitative estimate of drug-likeness (QED) is 0.310. The van der Waals surface area contributed by atoms with Crippen LogP contribution in [0.15, 0.2) is 30.4 Å². The number of fused-ring (bicyclic) bond motifs is 5. The molecule has 2 aromatic rings. The van der Waals surface area contributed by atoms with Gasteiger partial charge in [-0.1, -0.05) is 45.3 Å². The lowest BCUT2D eigenvalue weighted by Crippen LogP contribution is -2.58. The van der Waals surface area contributed by atoms with Crippen LogP contribution in [0.25, 0.3) is 10.9 Å². The lowest BCUT2D eigenvalue weighted by Gasteiger charge is -2.39. The number of carbonyl (C=O) groups excluding carboxylic acids is 4. The molecule has 14 nitrogen and oxygen atoms in total. The highest BCUT2D eigenvalue weighted by molar-refractivity contribution is 7.91. The Labute approximate surface area is 334 Å². The first-order valence-electron chi connectivity index (χ1n) is 20.8. The van der Waals surface area contributed by atoms with E-state index in [2.05, 4.69) is 15.4 Å². The summed E-state index contributed by atoms with van der Waals surface area (Å²) in [5.41, 5.74) is 0.319. The highest BCUT2D eigenvalue weighted by Gasteiger charge is 2.63. The van der Waals surface area contributed by atoms with Crippen molar-refractivity contribution in [1.82, 2.24) is 25.2 Å². The highest BCUT2D eigenvalue weighted by atomic mass is 32.2. The van der Waals surface area contributed by atoms with Crippen molar-refractivity contribution in [3.8, 4) is 11.5 Å². The van der Waals surface area contributed by atoms with Crippen LogP contribution in [-0.4, -0.2) is 90.9 Å². The fourth-order valence-electron chi connectivity index (χ4n) is 8.95. The molecule has 8 rings (SSSR count). The van der Waals surface area contributed by atoms with Crippen molar-refractivity contribution in [2.75, 3.05) is 20.3 Å². The first-order chi connectivity index (χ1) is 27.3. The van der Waals surface area contributed by atoms with Crippen molar-refractivity contribution in [3.05, 3.63) is 41.6 Å². The molecule has 3 aliphatic heterocycles. The van der Waals surface area contributed by atoms with Crippen LogP contribution in [0.5, 0.6) is 11.5 Å². The summed E-state index contributed by atoms with van der Waals surface area (Å²) in [4.78, 5) is 63.2. The van der Waals surface area contributed by atoms with Crippen molar-refractivity contribution in [3.63, 3.8) is 0 Å². The molecule has 6 aliphatic rings. The number of carbonyl (C=O) groups is 4. The van der Waals surface area contributed by atoms with E-state index in [1.54, 1.807) is 7.11 Å². The van der Waals surface area contributed by atoms with Gasteiger partial charge in [0.25, 0.3) is 5.91 Å². The Balaban J connectivity index is 1.15. The summed E-state index contributed by atoms with van der Waals surface area (Å²) in [6, 6.07) is 3.81. The largest absolute Gasteiger partial charge is 0.497 e. The van der Waals surface area contributed by atoms with Gasteiger partial charge in [0.2, 0.25) is 21.8 Å². The first-order valence-corrected chi connectivity index (χ1v) is 22.3.